The minimum absolute atomic E-state index is 0.346. The molecule has 0 aliphatic rings. The molecule has 0 unspecified atom stereocenters. The molecule has 0 aromatic heterocycles. The minimum Gasteiger partial charge on any atom is -0.466 e. The van der Waals surface area contributed by atoms with Crippen molar-refractivity contribution in [3.05, 3.63) is 24.3 Å². The van der Waals surface area contributed by atoms with E-state index in [1.54, 1.807) is 26.0 Å². The lowest BCUT2D eigenvalue weighted by atomic mass is 9.99. The Kier molecular flexibility index (Phi) is 6.25. The van der Waals surface area contributed by atoms with Crippen molar-refractivity contribution < 1.29 is 19.1 Å². The average Bonchev–Trinajstić information content (AvgIpc) is 2.26. The summed E-state index contributed by atoms with van der Waals surface area (Å²) < 4.78 is 9.73. The normalized spacial score (nSPS) is 14.7. The molecule has 0 N–H and O–H groups in total. The van der Waals surface area contributed by atoms with Gasteiger partial charge < -0.3 is 9.47 Å². The predicted octanol–water partition coefficient (Wildman–Crippen LogP) is 2.39. The molecule has 1 atom stereocenters. The van der Waals surface area contributed by atoms with E-state index in [1.807, 2.05) is 0 Å². The summed E-state index contributed by atoms with van der Waals surface area (Å²) >= 11 is 0. The van der Waals surface area contributed by atoms with Crippen molar-refractivity contribution in [2.45, 2.75) is 39.2 Å². The van der Waals surface area contributed by atoms with Crippen LogP contribution in [0.25, 0.3) is 0 Å². The van der Waals surface area contributed by atoms with Gasteiger partial charge in [0, 0.05) is 12.5 Å². The third kappa shape index (κ3) is 5.90. The standard InChI is InChI=1S/C13H20O4/c1-6-13(4,17-11(3)14)9-7-8-10(2)12(15)16-5/h6,8H,1,7,9H2,2-5H3/b10-8+/t13-/m0/s1. The first-order valence-corrected chi connectivity index (χ1v) is 5.43. The molecule has 17 heavy (non-hydrogen) atoms. The molecule has 0 aromatic rings. The van der Waals surface area contributed by atoms with Crippen molar-refractivity contribution in [1.29, 1.82) is 0 Å². The minimum atomic E-state index is -0.696. The molecule has 0 aliphatic heterocycles. The van der Waals surface area contributed by atoms with Crippen molar-refractivity contribution in [2.75, 3.05) is 7.11 Å². The van der Waals surface area contributed by atoms with Crippen molar-refractivity contribution in [2.24, 2.45) is 0 Å². The Bertz CT molecular complexity index is 330. The summed E-state index contributed by atoms with van der Waals surface area (Å²) in [6.07, 6.45) is 4.54. The maximum Gasteiger partial charge on any atom is 0.333 e. The number of ether oxygens (including phenoxy) is 2. The maximum absolute atomic E-state index is 11.1. The molecule has 0 bridgehead atoms. The Balaban J connectivity index is 4.38. The molecule has 0 aliphatic carbocycles. The van der Waals surface area contributed by atoms with E-state index in [4.69, 9.17) is 4.74 Å². The number of allylic oxidation sites excluding steroid dienone is 1. The van der Waals surface area contributed by atoms with Crippen LogP contribution < -0.4 is 0 Å². The third-order valence-corrected chi connectivity index (χ3v) is 2.41. The van der Waals surface area contributed by atoms with Crippen molar-refractivity contribution in [3.8, 4) is 0 Å². The molecule has 0 spiro atoms. The molecule has 0 rings (SSSR count). The summed E-state index contributed by atoms with van der Waals surface area (Å²) in [6.45, 7) is 8.47. The van der Waals surface area contributed by atoms with Gasteiger partial charge in [-0.3, -0.25) is 4.79 Å². The van der Waals surface area contributed by atoms with Gasteiger partial charge in [-0.15, -0.1) is 0 Å². The van der Waals surface area contributed by atoms with Crippen molar-refractivity contribution in [1.82, 2.24) is 0 Å². The highest BCUT2D eigenvalue weighted by Crippen LogP contribution is 2.20. The lowest BCUT2D eigenvalue weighted by Crippen LogP contribution is -2.27. The van der Waals surface area contributed by atoms with Gasteiger partial charge in [-0.1, -0.05) is 12.7 Å². The van der Waals surface area contributed by atoms with Crippen LogP contribution in [0.1, 0.15) is 33.6 Å². The Morgan fingerprint density at radius 1 is 1.35 bits per heavy atom. The second-order valence-corrected chi connectivity index (χ2v) is 4.03. The van der Waals surface area contributed by atoms with Crippen LogP contribution in [0.2, 0.25) is 0 Å². The number of carbonyl (C=O) groups excluding carboxylic acids is 2. The van der Waals surface area contributed by atoms with Gasteiger partial charge in [-0.2, -0.15) is 0 Å². The van der Waals surface area contributed by atoms with E-state index in [-0.39, 0.29) is 11.9 Å². The summed E-state index contributed by atoms with van der Waals surface area (Å²) in [7, 11) is 1.34. The van der Waals surface area contributed by atoms with Crippen LogP contribution in [0.3, 0.4) is 0 Å². The van der Waals surface area contributed by atoms with Gasteiger partial charge in [-0.05, 0) is 32.8 Å². The first-order valence-electron chi connectivity index (χ1n) is 5.43. The number of hydrogen-bond donors (Lipinski definition) is 0. The topological polar surface area (TPSA) is 52.6 Å². The first-order chi connectivity index (χ1) is 7.84. The smallest absolute Gasteiger partial charge is 0.333 e. The zero-order valence-corrected chi connectivity index (χ0v) is 10.9. The molecule has 0 amide bonds. The quantitative estimate of drug-likeness (QED) is 0.406. The van der Waals surface area contributed by atoms with E-state index < -0.39 is 5.60 Å². The van der Waals surface area contributed by atoms with Crippen LogP contribution in [0, 0.1) is 0 Å². The molecular weight excluding hydrogens is 220 g/mol. The van der Waals surface area contributed by atoms with Crippen LogP contribution >= 0.6 is 0 Å². The number of hydrogen-bond acceptors (Lipinski definition) is 4. The van der Waals surface area contributed by atoms with Crippen molar-refractivity contribution in [3.63, 3.8) is 0 Å². The summed E-state index contributed by atoms with van der Waals surface area (Å²) in [4.78, 5) is 22.0. The molecule has 0 heterocycles. The number of esters is 2. The first kappa shape index (κ1) is 15.4. The summed E-state index contributed by atoms with van der Waals surface area (Å²) in [5, 5.41) is 0. The van der Waals surface area contributed by atoms with Gasteiger partial charge in [0.2, 0.25) is 0 Å². The van der Waals surface area contributed by atoms with Crippen LogP contribution in [0.4, 0.5) is 0 Å². The summed E-state index contributed by atoms with van der Waals surface area (Å²) in [5.41, 5.74) is -0.152. The second kappa shape index (κ2) is 6.89. The van der Waals surface area contributed by atoms with Crippen LogP contribution in [-0.4, -0.2) is 24.6 Å². The fourth-order valence-electron chi connectivity index (χ4n) is 1.34. The van der Waals surface area contributed by atoms with Gasteiger partial charge in [0.25, 0.3) is 0 Å². The Morgan fingerprint density at radius 3 is 2.35 bits per heavy atom. The number of carbonyl (C=O) groups is 2. The molecule has 96 valence electrons. The lowest BCUT2D eigenvalue weighted by molar-refractivity contribution is -0.151. The van der Waals surface area contributed by atoms with Crippen molar-refractivity contribution >= 4 is 11.9 Å². The molecule has 0 radical (unpaired) electrons. The molecule has 4 nitrogen and oxygen atoms in total. The van der Waals surface area contributed by atoms with E-state index >= 15 is 0 Å². The van der Waals surface area contributed by atoms with Gasteiger partial charge in [0.1, 0.15) is 5.60 Å². The van der Waals surface area contributed by atoms with Gasteiger partial charge in [-0.25, -0.2) is 4.79 Å². The van der Waals surface area contributed by atoms with E-state index in [0.717, 1.165) is 0 Å². The Labute approximate surface area is 102 Å². The van der Waals surface area contributed by atoms with E-state index in [1.165, 1.54) is 14.0 Å². The lowest BCUT2D eigenvalue weighted by Gasteiger charge is -2.24. The Morgan fingerprint density at radius 2 is 1.94 bits per heavy atom. The molecule has 0 saturated carbocycles. The fraction of sp³-hybridized carbons (Fsp3) is 0.538. The monoisotopic (exact) mass is 240 g/mol. The highest BCUT2D eigenvalue weighted by molar-refractivity contribution is 5.87. The van der Waals surface area contributed by atoms with E-state index in [2.05, 4.69) is 11.3 Å². The van der Waals surface area contributed by atoms with E-state index in [0.29, 0.717) is 18.4 Å². The summed E-state index contributed by atoms with van der Waals surface area (Å²) in [6, 6.07) is 0. The fourth-order valence-corrected chi connectivity index (χ4v) is 1.34. The summed E-state index contributed by atoms with van der Waals surface area (Å²) in [5.74, 6) is -0.695. The van der Waals surface area contributed by atoms with Gasteiger partial charge in [0.05, 0.1) is 7.11 Å². The van der Waals surface area contributed by atoms with E-state index in [9.17, 15) is 9.59 Å². The maximum atomic E-state index is 11.1. The zero-order chi connectivity index (χ0) is 13.5. The van der Waals surface area contributed by atoms with Gasteiger partial charge in [0.15, 0.2) is 0 Å². The molecule has 0 fully saturated rings. The highest BCUT2D eigenvalue weighted by Gasteiger charge is 2.22. The molecule has 0 aromatic carbocycles. The number of rotatable bonds is 6. The van der Waals surface area contributed by atoms with Gasteiger partial charge >= 0.3 is 11.9 Å². The second-order valence-electron chi connectivity index (χ2n) is 4.03. The van der Waals surface area contributed by atoms with Crippen LogP contribution in [0.5, 0.6) is 0 Å². The number of methoxy groups -OCH3 is 1. The molecular formula is C13H20O4. The third-order valence-electron chi connectivity index (χ3n) is 2.41. The molecule has 0 saturated heterocycles. The Hall–Kier alpha value is -1.58. The highest BCUT2D eigenvalue weighted by atomic mass is 16.6. The largest absolute Gasteiger partial charge is 0.466 e. The van der Waals surface area contributed by atoms with Crippen LogP contribution in [0.15, 0.2) is 24.3 Å². The SMILES string of the molecule is C=C[C@@](C)(CC/C=C(\C)C(=O)OC)OC(C)=O. The average molecular weight is 240 g/mol. The zero-order valence-electron chi connectivity index (χ0n) is 10.9. The predicted molar refractivity (Wildman–Crippen MR) is 65.4 cm³/mol. The van der Waals surface area contributed by atoms with Crippen LogP contribution in [-0.2, 0) is 19.1 Å². The molecule has 4 heteroatoms.